The lowest BCUT2D eigenvalue weighted by atomic mass is 9.77. The fourth-order valence-electron chi connectivity index (χ4n) is 4.29. The second-order valence-corrected chi connectivity index (χ2v) is 9.39. The minimum Gasteiger partial charge on any atom is -0.323 e. The highest BCUT2D eigenvalue weighted by Crippen LogP contribution is 2.44. The molecule has 1 aliphatic heterocycles. The third-order valence-electron chi connectivity index (χ3n) is 5.88. The van der Waals surface area contributed by atoms with Gasteiger partial charge in [-0.2, -0.15) is 4.98 Å². The molecule has 1 atom stereocenters. The van der Waals surface area contributed by atoms with Crippen LogP contribution < -0.4 is 10.5 Å². The molecule has 1 unspecified atom stereocenters. The third kappa shape index (κ3) is 3.07. The Kier molecular flexibility index (Phi) is 4.16. The number of fused-ring (bicyclic) bond motifs is 2. The Labute approximate surface area is 159 Å². The summed E-state index contributed by atoms with van der Waals surface area (Å²) in [7, 11) is 0. The summed E-state index contributed by atoms with van der Waals surface area (Å²) < 4.78 is 5.53. The molecule has 0 aromatic carbocycles. The van der Waals surface area contributed by atoms with Crippen molar-refractivity contribution in [2.24, 2.45) is 0 Å². The molecule has 1 aliphatic carbocycles. The maximum atomic E-state index is 12.7. The molecular weight excluding hydrogens is 342 g/mol. The van der Waals surface area contributed by atoms with Crippen molar-refractivity contribution < 1.29 is 4.52 Å². The molecule has 1 N–H and O–H groups in total. The summed E-state index contributed by atoms with van der Waals surface area (Å²) in [6, 6.07) is 0.590. The van der Waals surface area contributed by atoms with E-state index in [1.54, 1.807) is 0 Å². The number of aromatic amines is 1. The van der Waals surface area contributed by atoms with Crippen LogP contribution in [0.3, 0.4) is 0 Å². The number of piperidine rings is 1. The monoisotopic (exact) mass is 371 g/mol. The van der Waals surface area contributed by atoms with Gasteiger partial charge in [0, 0.05) is 35.4 Å². The summed E-state index contributed by atoms with van der Waals surface area (Å²) in [5.41, 5.74) is 1.58. The fourth-order valence-corrected chi connectivity index (χ4v) is 4.29. The standard InChI is InChI=1S/C20H29N5O2/c1-12(2)15-22-18(27-24-15)25-10-6-8-20(11-25)9-7-13-14(20)21-17(19(3,4)5)23-16(13)26/h12H,6-11H2,1-5H3,(H,21,23,26). The summed E-state index contributed by atoms with van der Waals surface area (Å²) >= 11 is 0. The first-order valence-corrected chi connectivity index (χ1v) is 9.92. The minimum absolute atomic E-state index is 0.0267. The number of rotatable bonds is 2. The summed E-state index contributed by atoms with van der Waals surface area (Å²) in [6.45, 7) is 12.0. The van der Waals surface area contributed by atoms with Gasteiger partial charge < -0.3 is 14.4 Å². The second kappa shape index (κ2) is 6.17. The van der Waals surface area contributed by atoms with Crippen LogP contribution in [0.2, 0.25) is 0 Å². The predicted octanol–water partition coefficient (Wildman–Crippen LogP) is 3.06. The largest absolute Gasteiger partial charge is 0.324 e. The zero-order chi connectivity index (χ0) is 19.4. The molecule has 0 radical (unpaired) electrons. The van der Waals surface area contributed by atoms with Gasteiger partial charge in [0.1, 0.15) is 5.82 Å². The smallest absolute Gasteiger partial charge is 0.323 e. The molecular formula is C20H29N5O2. The summed E-state index contributed by atoms with van der Waals surface area (Å²) in [5.74, 6) is 1.74. The van der Waals surface area contributed by atoms with Crippen molar-refractivity contribution in [2.45, 2.75) is 77.0 Å². The van der Waals surface area contributed by atoms with Crippen molar-refractivity contribution in [2.75, 3.05) is 18.0 Å². The molecule has 2 aliphatic rings. The van der Waals surface area contributed by atoms with Gasteiger partial charge in [-0.15, -0.1) is 0 Å². The average molecular weight is 371 g/mol. The Morgan fingerprint density at radius 3 is 2.67 bits per heavy atom. The highest BCUT2D eigenvalue weighted by molar-refractivity contribution is 5.39. The van der Waals surface area contributed by atoms with Crippen molar-refractivity contribution in [1.29, 1.82) is 0 Å². The number of anilines is 1. The number of hydrogen-bond acceptors (Lipinski definition) is 6. The van der Waals surface area contributed by atoms with Crippen molar-refractivity contribution in [1.82, 2.24) is 20.1 Å². The van der Waals surface area contributed by atoms with E-state index in [1.807, 2.05) is 0 Å². The molecule has 27 heavy (non-hydrogen) atoms. The molecule has 0 saturated carbocycles. The topological polar surface area (TPSA) is 87.9 Å². The first-order valence-electron chi connectivity index (χ1n) is 9.92. The molecule has 7 heteroatoms. The Bertz CT molecular complexity index is 908. The molecule has 1 saturated heterocycles. The van der Waals surface area contributed by atoms with Gasteiger partial charge in [-0.25, -0.2) is 4.98 Å². The Hall–Kier alpha value is -2.18. The highest BCUT2D eigenvalue weighted by atomic mass is 16.5. The number of nitrogens with zero attached hydrogens (tertiary/aromatic N) is 4. The van der Waals surface area contributed by atoms with Crippen LogP contribution >= 0.6 is 0 Å². The quantitative estimate of drug-likeness (QED) is 0.873. The van der Waals surface area contributed by atoms with Gasteiger partial charge in [-0.05, 0) is 25.7 Å². The van der Waals surface area contributed by atoms with Gasteiger partial charge in [0.15, 0.2) is 5.82 Å². The lowest BCUT2D eigenvalue weighted by Gasteiger charge is -2.39. The second-order valence-electron chi connectivity index (χ2n) is 9.39. The summed E-state index contributed by atoms with van der Waals surface area (Å²) in [5, 5.41) is 4.11. The lowest BCUT2D eigenvalue weighted by molar-refractivity contribution is 0.310. The molecule has 2 aromatic rings. The number of hydrogen-bond donors (Lipinski definition) is 1. The van der Waals surface area contributed by atoms with Gasteiger partial charge >= 0.3 is 6.01 Å². The maximum absolute atomic E-state index is 12.7. The maximum Gasteiger partial charge on any atom is 0.324 e. The number of aromatic nitrogens is 4. The van der Waals surface area contributed by atoms with E-state index < -0.39 is 0 Å². The van der Waals surface area contributed by atoms with Crippen molar-refractivity contribution >= 4 is 6.01 Å². The molecule has 2 aromatic heterocycles. The van der Waals surface area contributed by atoms with E-state index in [1.165, 1.54) is 0 Å². The summed E-state index contributed by atoms with van der Waals surface area (Å²) in [6.07, 6.45) is 3.81. The van der Waals surface area contributed by atoms with Crippen LogP contribution in [0.5, 0.6) is 0 Å². The molecule has 3 heterocycles. The Morgan fingerprint density at radius 2 is 2.00 bits per heavy atom. The van der Waals surface area contributed by atoms with E-state index >= 15 is 0 Å². The van der Waals surface area contributed by atoms with Crippen LogP contribution in [-0.4, -0.2) is 33.2 Å². The van der Waals surface area contributed by atoms with E-state index in [4.69, 9.17) is 9.51 Å². The van der Waals surface area contributed by atoms with Crippen LogP contribution in [-0.2, 0) is 17.3 Å². The van der Waals surface area contributed by atoms with Gasteiger partial charge in [0.25, 0.3) is 5.56 Å². The normalized spacial score (nSPS) is 22.7. The van der Waals surface area contributed by atoms with Gasteiger partial charge in [0.05, 0.1) is 5.69 Å². The van der Waals surface area contributed by atoms with Crippen LogP contribution in [0.25, 0.3) is 0 Å². The average Bonchev–Trinajstić information content (AvgIpc) is 3.21. The van der Waals surface area contributed by atoms with Gasteiger partial charge in [0.2, 0.25) is 0 Å². The zero-order valence-electron chi connectivity index (χ0n) is 16.9. The van der Waals surface area contributed by atoms with E-state index in [-0.39, 0.29) is 22.3 Å². The SMILES string of the molecule is CC(C)c1noc(N2CCCC3(CCc4c3nc(C(C)(C)C)[nH]c4=O)C2)n1. The highest BCUT2D eigenvalue weighted by Gasteiger charge is 2.46. The van der Waals surface area contributed by atoms with Crippen molar-refractivity contribution in [3.05, 3.63) is 33.3 Å². The van der Waals surface area contributed by atoms with Crippen LogP contribution in [0.4, 0.5) is 6.01 Å². The molecule has 1 fully saturated rings. The van der Waals surface area contributed by atoms with Crippen LogP contribution in [0, 0.1) is 0 Å². The Balaban J connectivity index is 1.71. The van der Waals surface area contributed by atoms with Crippen LogP contribution in [0.15, 0.2) is 9.32 Å². The first kappa shape index (κ1) is 18.2. The first-order chi connectivity index (χ1) is 12.7. The molecule has 146 valence electrons. The molecule has 0 bridgehead atoms. The summed E-state index contributed by atoms with van der Waals surface area (Å²) in [4.78, 5) is 27.4. The van der Waals surface area contributed by atoms with E-state index in [0.717, 1.165) is 61.7 Å². The molecule has 7 nitrogen and oxygen atoms in total. The minimum atomic E-state index is -0.190. The van der Waals surface area contributed by atoms with E-state index in [2.05, 4.69) is 54.6 Å². The number of nitrogens with one attached hydrogen (secondary N) is 1. The predicted molar refractivity (Wildman–Crippen MR) is 103 cm³/mol. The van der Waals surface area contributed by atoms with E-state index in [9.17, 15) is 4.79 Å². The third-order valence-corrected chi connectivity index (χ3v) is 5.88. The van der Waals surface area contributed by atoms with E-state index in [0.29, 0.717) is 6.01 Å². The van der Waals surface area contributed by atoms with Crippen LogP contribution in [0.1, 0.15) is 82.7 Å². The Morgan fingerprint density at radius 1 is 1.22 bits per heavy atom. The lowest BCUT2D eigenvalue weighted by Crippen LogP contribution is -2.46. The van der Waals surface area contributed by atoms with Crippen molar-refractivity contribution in [3.8, 4) is 0 Å². The molecule has 1 spiro atoms. The van der Waals surface area contributed by atoms with Gasteiger partial charge in [-0.3, -0.25) is 4.79 Å². The molecule has 4 rings (SSSR count). The van der Waals surface area contributed by atoms with Gasteiger partial charge in [-0.1, -0.05) is 39.8 Å². The zero-order valence-corrected chi connectivity index (χ0v) is 16.9. The van der Waals surface area contributed by atoms with Crippen molar-refractivity contribution in [3.63, 3.8) is 0 Å². The number of H-pyrrole nitrogens is 1. The fraction of sp³-hybridized carbons (Fsp3) is 0.700. The molecule has 0 amide bonds.